The highest BCUT2D eigenvalue weighted by Crippen LogP contribution is 2.36. The quantitative estimate of drug-likeness (QED) is 0.492. The summed E-state index contributed by atoms with van der Waals surface area (Å²) in [5.74, 6) is 0.406. The van der Waals surface area contributed by atoms with Gasteiger partial charge in [0.2, 0.25) is 0 Å². The van der Waals surface area contributed by atoms with Crippen molar-refractivity contribution in [2.24, 2.45) is 0 Å². The van der Waals surface area contributed by atoms with E-state index in [1.54, 1.807) is 24.4 Å². The maximum Gasteiger partial charge on any atom is 0.416 e. The molecule has 5 rings (SSSR count). The van der Waals surface area contributed by atoms with Gasteiger partial charge in [0.25, 0.3) is 0 Å². The highest BCUT2D eigenvalue weighted by Gasteiger charge is 2.31. The van der Waals surface area contributed by atoms with Crippen LogP contribution in [0.3, 0.4) is 0 Å². The fraction of sp³-hybridized carbons (Fsp3) is 0.231. The van der Waals surface area contributed by atoms with Crippen LogP contribution < -0.4 is 15.5 Å². The van der Waals surface area contributed by atoms with Crippen LogP contribution in [0.25, 0.3) is 17.3 Å². The summed E-state index contributed by atoms with van der Waals surface area (Å²) in [6.07, 6.45) is -0.250. The number of aldehydes is 1. The third-order valence-corrected chi connectivity index (χ3v) is 6.07. The molecule has 1 fully saturated rings. The molecule has 0 spiro atoms. The zero-order valence-electron chi connectivity index (χ0n) is 18.7. The smallest absolute Gasteiger partial charge is 0.378 e. The van der Waals surface area contributed by atoms with Crippen LogP contribution in [0.15, 0.2) is 60.8 Å². The number of hydrogen-bond acceptors (Lipinski definition) is 6. The van der Waals surface area contributed by atoms with E-state index in [1.807, 2.05) is 24.3 Å². The fourth-order valence-electron chi connectivity index (χ4n) is 4.28. The zero-order valence-corrected chi connectivity index (χ0v) is 18.7. The number of ether oxygens (including phenoxy) is 1. The average Bonchev–Trinajstić information content (AvgIpc) is 2.88. The Morgan fingerprint density at radius 1 is 1.09 bits per heavy atom. The number of anilines is 3. The Morgan fingerprint density at radius 3 is 2.57 bits per heavy atom. The lowest BCUT2D eigenvalue weighted by Crippen LogP contribution is -2.36. The molecule has 0 radical (unpaired) electrons. The second-order valence-electron chi connectivity index (χ2n) is 8.32. The number of nitrogens with one attached hydrogen (secondary N) is 2. The molecule has 2 N–H and O–H groups in total. The van der Waals surface area contributed by atoms with Crippen LogP contribution in [0.2, 0.25) is 0 Å². The minimum Gasteiger partial charge on any atom is -0.378 e. The molecule has 35 heavy (non-hydrogen) atoms. The molecule has 6 nitrogen and oxygen atoms in total. The zero-order chi connectivity index (χ0) is 24.4. The molecule has 2 aliphatic rings. The van der Waals surface area contributed by atoms with Gasteiger partial charge in [-0.3, -0.25) is 0 Å². The molecular weight excluding hydrogens is 457 g/mol. The number of pyridine rings is 1. The van der Waals surface area contributed by atoms with Crippen molar-refractivity contribution >= 4 is 29.6 Å². The minimum absolute atomic E-state index is 0.336. The average molecular weight is 480 g/mol. The van der Waals surface area contributed by atoms with Crippen molar-refractivity contribution in [3.8, 4) is 11.3 Å². The van der Waals surface area contributed by atoms with Crippen molar-refractivity contribution in [1.82, 2.24) is 10.3 Å². The van der Waals surface area contributed by atoms with Crippen LogP contribution >= 0.6 is 0 Å². The molecule has 0 aliphatic carbocycles. The van der Waals surface area contributed by atoms with Crippen LogP contribution in [0.4, 0.5) is 30.4 Å². The van der Waals surface area contributed by atoms with Crippen LogP contribution in [0, 0.1) is 0 Å². The Balaban J connectivity index is 1.52. The second-order valence-corrected chi connectivity index (χ2v) is 8.32. The van der Waals surface area contributed by atoms with Gasteiger partial charge in [-0.2, -0.15) is 13.2 Å². The number of fused-ring (bicyclic) bond motifs is 1. The van der Waals surface area contributed by atoms with Gasteiger partial charge >= 0.3 is 6.18 Å². The van der Waals surface area contributed by atoms with Gasteiger partial charge in [-0.05, 0) is 60.3 Å². The van der Waals surface area contributed by atoms with Crippen LogP contribution in [0.5, 0.6) is 0 Å². The van der Waals surface area contributed by atoms with Gasteiger partial charge in [-0.25, -0.2) is 4.98 Å². The topological polar surface area (TPSA) is 66.5 Å². The Kier molecular flexibility index (Phi) is 6.17. The normalized spacial score (nSPS) is 17.5. The van der Waals surface area contributed by atoms with Crippen molar-refractivity contribution in [2.75, 3.05) is 36.5 Å². The van der Waals surface area contributed by atoms with Crippen LogP contribution in [-0.2, 0) is 15.7 Å². The highest BCUT2D eigenvalue weighted by atomic mass is 19.4. The Labute approximate surface area is 200 Å². The molecule has 0 bridgehead atoms. The minimum atomic E-state index is -4.46. The third-order valence-electron chi connectivity index (χ3n) is 6.07. The summed E-state index contributed by atoms with van der Waals surface area (Å²) >= 11 is 0. The molecule has 3 heterocycles. The number of nitrogens with zero attached hydrogens (tertiary/aromatic N) is 2. The first-order valence-electron chi connectivity index (χ1n) is 11.2. The maximum absolute atomic E-state index is 13.3. The number of morpholine rings is 1. The van der Waals surface area contributed by atoms with E-state index in [9.17, 15) is 18.0 Å². The SMILES string of the molecule is O=CC1NC=Cc2cc(-c3cccc(C(F)(F)F)c3)nc(Nc3ccc(N4CCOCC4)cc3)c21. The van der Waals surface area contributed by atoms with Crippen LogP contribution in [0.1, 0.15) is 22.7 Å². The molecule has 180 valence electrons. The molecule has 3 aromatic rings. The predicted octanol–water partition coefficient (Wildman–Crippen LogP) is 5.16. The summed E-state index contributed by atoms with van der Waals surface area (Å²) in [6.45, 7) is 3.01. The van der Waals surface area contributed by atoms with E-state index >= 15 is 0 Å². The molecule has 2 aliphatic heterocycles. The van der Waals surface area contributed by atoms with Crippen molar-refractivity contribution in [1.29, 1.82) is 0 Å². The van der Waals surface area contributed by atoms with Gasteiger partial charge in [0.1, 0.15) is 18.1 Å². The van der Waals surface area contributed by atoms with E-state index < -0.39 is 17.8 Å². The molecule has 2 aromatic carbocycles. The van der Waals surface area contributed by atoms with Gasteiger partial charge in [0, 0.05) is 35.6 Å². The number of benzene rings is 2. The molecule has 1 aromatic heterocycles. The third kappa shape index (κ3) is 4.85. The summed E-state index contributed by atoms with van der Waals surface area (Å²) in [5.41, 5.74) is 3.12. The first-order chi connectivity index (χ1) is 16.9. The van der Waals surface area contributed by atoms with E-state index in [0.717, 1.165) is 42.9 Å². The maximum atomic E-state index is 13.3. The first-order valence-corrected chi connectivity index (χ1v) is 11.2. The lowest BCUT2D eigenvalue weighted by atomic mass is 9.96. The summed E-state index contributed by atoms with van der Waals surface area (Å²) in [7, 11) is 0. The highest BCUT2D eigenvalue weighted by molar-refractivity contribution is 5.80. The van der Waals surface area contributed by atoms with E-state index in [-0.39, 0.29) is 0 Å². The molecule has 1 unspecified atom stereocenters. The van der Waals surface area contributed by atoms with E-state index in [2.05, 4.69) is 20.5 Å². The summed E-state index contributed by atoms with van der Waals surface area (Å²) in [6, 6.07) is 13.9. The lowest BCUT2D eigenvalue weighted by molar-refractivity contribution is -0.137. The Hall–Kier alpha value is -3.85. The molecular formula is C26H23F3N4O2. The summed E-state index contributed by atoms with van der Waals surface area (Å²) in [5, 5.41) is 6.27. The first kappa shape index (κ1) is 22.9. The van der Waals surface area contributed by atoms with E-state index in [1.165, 1.54) is 6.07 Å². The molecule has 0 saturated carbocycles. The number of rotatable bonds is 5. The van der Waals surface area contributed by atoms with Crippen molar-refractivity contribution in [3.05, 3.63) is 77.5 Å². The number of hydrogen-bond donors (Lipinski definition) is 2. The predicted molar refractivity (Wildman–Crippen MR) is 128 cm³/mol. The van der Waals surface area contributed by atoms with Crippen molar-refractivity contribution < 1.29 is 22.7 Å². The number of carbonyl (C=O) groups is 1. The molecule has 1 saturated heterocycles. The van der Waals surface area contributed by atoms with Crippen LogP contribution in [-0.4, -0.2) is 37.6 Å². The van der Waals surface area contributed by atoms with Gasteiger partial charge in [-0.1, -0.05) is 12.1 Å². The number of aromatic nitrogens is 1. The largest absolute Gasteiger partial charge is 0.416 e. The van der Waals surface area contributed by atoms with Gasteiger partial charge in [-0.15, -0.1) is 0 Å². The number of halogens is 3. The standard InChI is InChI=1S/C26H23F3N4O2/c27-26(28,29)19-3-1-2-17(14-19)22-15-18-8-9-30-23(16-34)24(18)25(32-22)31-20-4-6-21(7-5-20)33-10-12-35-13-11-33/h1-9,14-16,23,30H,10-13H2,(H,31,32). The lowest BCUT2D eigenvalue weighted by Gasteiger charge is -2.29. The fourth-order valence-corrected chi connectivity index (χ4v) is 4.28. The van der Waals surface area contributed by atoms with Crippen molar-refractivity contribution in [3.63, 3.8) is 0 Å². The van der Waals surface area contributed by atoms with Crippen molar-refractivity contribution in [2.45, 2.75) is 12.2 Å². The van der Waals surface area contributed by atoms with Gasteiger partial charge in [0.05, 0.1) is 24.5 Å². The second kappa shape index (κ2) is 9.42. The summed E-state index contributed by atoms with van der Waals surface area (Å²) in [4.78, 5) is 18.6. The molecule has 0 amide bonds. The molecule has 1 atom stereocenters. The number of alkyl halides is 3. The Bertz CT molecular complexity index is 1250. The summed E-state index contributed by atoms with van der Waals surface area (Å²) < 4.78 is 45.3. The Morgan fingerprint density at radius 2 is 1.86 bits per heavy atom. The van der Waals surface area contributed by atoms with Gasteiger partial charge in [0.15, 0.2) is 0 Å². The van der Waals surface area contributed by atoms with E-state index in [4.69, 9.17) is 4.74 Å². The molecule has 9 heteroatoms. The number of carbonyl (C=O) groups excluding carboxylic acids is 1. The monoisotopic (exact) mass is 480 g/mol. The van der Waals surface area contributed by atoms with Gasteiger partial charge < -0.3 is 25.1 Å². The van der Waals surface area contributed by atoms with E-state index in [0.29, 0.717) is 41.4 Å².